The van der Waals surface area contributed by atoms with Crippen LogP contribution in [0.2, 0.25) is 0 Å². The summed E-state index contributed by atoms with van der Waals surface area (Å²) in [5, 5.41) is 3.27. The number of nitrogens with zero attached hydrogens (tertiary/aromatic N) is 1. The Balaban J connectivity index is 2.52. The highest BCUT2D eigenvalue weighted by Crippen LogP contribution is 2.13. The molecule has 0 aliphatic heterocycles. The summed E-state index contributed by atoms with van der Waals surface area (Å²) in [6.07, 6.45) is 1.18. The van der Waals surface area contributed by atoms with Gasteiger partial charge in [0.05, 0.1) is 13.1 Å². The monoisotopic (exact) mass is 238 g/mol. The molecule has 98 valence electrons. The zero-order valence-corrected chi connectivity index (χ0v) is 11.6. The fourth-order valence-corrected chi connectivity index (χ4v) is 1.89. The van der Waals surface area contributed by atoms with Crippen LogP contribution in [-0.2, 0) is 13.1 Å². The molecule has 1 N–H and O–H groups in total. The summed E-state index contributed by atoms with van der Waals surface area (Å²) in [6.45, 7) is 12.6. The maximum Gasteiger partial charge on any atom is 0.118 e. The Kier molecular flexibility index (Phi) is 6.30. The lowest BCUT2D eigenvalue weighted by molar-refractivity contribution is 0.189. The molecule has 0 aromatic carbocycles. The van der Waals surface area contributed by atoms with Crippen molar-refractivity contribution in [2.75, 3.05) is 13.1 Å². The summed E-state index contributed by atoms with van der Waals surface area (Å²) in [5.74, 6) is 2.10. The van der Waals surface area contributed by atoms with Gasteiger partial charge in [-0.05, 0) is 38.6 Å². The van der Waals surface area contributed by atoms with E-state index in [9.17, 15) is 0 Å². The number of rotatable bonds is 8. The topological polar surface area (TPSA) is 28.4 Å². The smallest absolute Gasteiger partial charge is 0.118 e. The van der Waals surface area contributed by atoms with Crippen LogP contribution >= 0.6 is 0 Å². The molecule has 0 spiro atoms. The van der Waals surface area contributed by atoms with Crippen molar-refractivity contribution in [1.82, 2.24) is 10.2 Å². The fourth-order valence-electron chi connectivity index (χ4n) is 1.89. The van der Waals surface area contributed by atoms with Gasteiger partial charge in [-0.3, -0.25) is 4.90 Å². The SMILES string of the molecule is CCNCc1ccc(CN(CC)C(C)CC)o1. The van der Waals surface area contributed by atoms with Gasteiger partial charge in [0.25, 0.3) is 0 Å². The van der Waals surface area contributed by atoms with Crippen LogP contribution in [0.5, 0.6) is 0 Å². The van der Waals surface area contributed by atoms with E-state index in [1.165, 1.54) is 6.42 Å². The van der Waals surface area contributed by atoms with Crippen LogP contribution in [0.25, 0.3) is 0 Å². The van der Waals surface area contributed by atoms with E-state index < -0.39 is 0 Å². The van der Waals surface area contributed by atoms with Crippen molar-refractivity contribution in [2.45, 2.75) is 53.2 Å². The second-order valence-electron chi connectivity index (χ2n) is 4.47. The number of furan rings is 1. The van der Waals surface area contributed by atoms with Crippen molar-refractivity contribution in [1.29, 1.82) is 0 Å². The standard InChI is InChI=1S/C14H26N2O/c1-5-12(4)16(7-3)11-14-9-8-13(17-14)10-15-6-2/h8-9,12,15H,5-7,10-11H2,1-4H3. The average molecular weight is 238 g/mol. The molecule has 1 aromatic rings. The van der Waals surface area contributed by atoms with E-state index >= 15 is 0 Å². The molecule has 1 rings (SSSR count). The maximum absolute atomic E-state index is 5.81. The van der Waals surface area contributed by atoms with Gasteiger partial charge in [0.2, 0.25) is 0 Å². The van der Waals surface area contributed by atoms with Gasteiger partial charge in [-0.1, -0.05) is 20.8 Å². The average Bonchev–Trinajstić information content (AvgIpc) is 2.80. The first kappa shape index (κ1) is 14.3. The van der Waals surface area contributed by atoms with E-state index in [2.05, 4.69) is 50.0 Å². The Morgan fingerprint density at radius 2 is 1.94 bits per heavy atom. The predicted octanol–water partition coefficient (Wildman–Crippen LogP) is 3.01. The highest BCUT2D eigenvalue weighted by Gasteiger charge is 2.12. The van der Waals surface area contributed by atoms with Crippen molar-refractivity contribution in [3.8, 4) is 0 Å². The van der Waals surface area contributed by atoms with Gasteiger partial charge in [0.1, 0.15) is 11.5 Å². The summed E-state index contributed by atoms with van der Waals surface area (Å²) < 4.78 is 5.81. The van der Waals surface area contributed by atoms with Crippen molar-refractivity contribution in [3.05, 3.63) is 23.7 Å². The number of nitrogens with one attached hydrogen (secondary N) is 1. The molecule has 1 heterocycles. The molecule has 0 bridgehead atoms. The zero-order chi connectivity index (χ0) is 12.7. The first-order valence-electron chi connectivity index (χ1n) is 6.73. The van der Waals surface area contributed by atoms with Gasteiger partial charge in [-0.15, -0.1) is 0 Å². The molecule has 0 radical (unpaired) electrons. The van der Waals surface area contributed by atoms with Crippen molar-refractivity contribution < 1.29 is 4.42 Å². The van der Waals surface area contributed by atoms with Crippen LogP contribution in [0.15, 0.2) is 16.5 Å². The minimum atomic E-state index is 0.613. The normalized spacial score (nSPS) is 13.2. The molecule has 17 heavy (non-hydrogen) atoms. The van der Waals surface area contributed by atoms with Gasteiger partial charge >= 0.3 is 0 Å². The molecule has 0 saturated carbocycles. The van der Waals surface area contributed by atoms with Crippen LogP contribution < -0.4 is 5.32 Å². The predicted molar refractivity (Wildman–Crippen MR) is 71.9 cm³/mol. The number of hydrogen-bond acceptors (Lipinski definition) is 3. The lowest BCUT2D eigenvalue weighted by Gasteiger charge is -2.25. The Morgan fingerprint density at radius 3 is 2.53 bits per heavy atom. The van der Waals surface area contributed by atoms with Crippen LogP contribution in [-0.4, -0.2) is 24.0 Å². The highest BCUT2D eigenvalue weighted by molar-refractivity contribution is 5.07. The highest BCUT2D eigenvalue weighted by atomic mass is 16.3. The molecule has 0 amide bonds. The lowest BCUT2D eigenvalue weighted by Crippen LogP contribution is -2.31. The third kappa shape index (κ3) is 4.52. The molecular weight excluding hydrogens is 212 g/mol. The Morgan fingerprint density at radius 1 is 1.24 bits per heavy atom. The van der Waals surface area contributed by atoms with E-state index in [1.807, 2.05) is 0 Å². The Bertz CT molecular complexity index is 309. The second-order valence-corrected chi connectivity index (χ2v) is 4.47. The third-order valence-electron chi connectivity index (χ3n) is 3.25. The van der Waals surface area contributed by atoms with Crippen LogP contribution in [0.4, 0.5) is 0 Å². The first-order chi connectivity index (χ1) is 8.21. The molecule has 1 unspecified atom stereocenters. The van der Waals surface area contributed by atoms with Gasteiger partial charge in [-0.25, -0.2) is 0 Å². The van der Waals surface area contributed by atoms with E-state index in [1.54, 1.807) is 0 Å². The molecule has 0 saturated heterocycles. The van der Waals surface area contributed by atoms with Gasteiger partial charge in [0, 0.05) is 6.04 Å². The van der Waals surface area contributed by atoms with Crippen LogP contribution in [0.3, 0.4) is 0 Å². The maximum atomic E-state index is 5.81. The second kappa shape index (κ2) is 7.51. The van der Waals surface area contributed by atoms with E-state index in [4.69, 9.17) is 4.42 Å². The quantitative estimate of drug-likeness (QED) is 0.754. The van der Waals surface area contributed by atoms with Crippen LogP contribution in [0.1, 0.15) is 45.6 Å². The van der Waals surface area contributed by atoms with Gasteiger partial charge in [0.15, 0.2) is 0 Å². The van der Waals surface area contributed by atoms with Crippen LogP contribution in [0, 0.1) is 0 Å². The molecule has 0 fully saturated rings. The molecule has 3 nitrogen and oxygen atoms in total. The third-order valence-corrected chi connectivity index (χ3v) is 3.25. The Labute approximate surface area is 105 Å². The van der Waals surface area contributed by atoms with Gasteiger partial charge < -0.3 is 9.73 Å². The summed E-state index contributed by atoms with van der Waals surface area (Å²) >= 11 is 0. The lowest BCUT2D eigenvalue weighted by atomic mass is 10.2. The Hall–Kier alpha value is -0.800. The zero-order valence-electron chi connectivity index (χ0n) is 11.6. The molecule has 0 aliphatic rings. The van der Waals surface area contributed by atoms with E-state index in [0.717, 1.165) is 37.7 Å². The molecule has 3 heteroatoms. The largest absolute Gasteiger partial charge is 0.463 e. The molecule has 1 aromatic heterocycles. The van der Waals surface area contributed by atoms with Crippen molar-refractivity contribution in [2.24, 2.45) is 0 Å². The summed E-state index contributed by atoms with van der Waals surface area (Å²) in [6, 6.07) is 4.78. The fraction of sp³-hybridized carbons (Fsp3) is 0.714. The molecule has 0 aliphatic carbocycles. The van der Waals surface area contributed by atoms with Crippen molar-refractivity contribution in [3.63, 3.8) is 0 Å². The first-order valence-corrected chi connectivity index (χ1v) is 6.73. The molecule has 1 atom stereocenters. The number of hydrogen-bond donors (Lipinski definition) is 1. The van der Waals surface area contributed by atoms with Gasteiger partial charge in [-0.2, -0.15) is 0 Å². The van der Waals surface area contributed by atoms with E-state index in [-0.39, 0.29) is 0 Å². The van der Waals surface area contributed by atoms with Crippen molar-refractivity contribution >= 4 is 0 Å². The summed E-state index contributed by atoms with van der Waals surface area (Å²) in [5.41, 5.74) is 0. The minimum absolute atomic E-state index is 0.613. The summed E-state index contributed by atoms with van der Waals surface area (Å²) in [4.78, 5) is 2.44. The minimum Gasteiger partial charge on any atom is -0.463 e. The summed E-state index contributed by atoms with van der Waals surface area (Å²) in [7, 11) is 0. The van der Waals surface area contributed by atoms with E-state index in [0.29, 0.717) is 6.04 Å². The molecular formula is C14H26N2O.